The summed E-state index contributed by atoms with van der Waals surface area (Å²) in [4.78, 5) is 24.4. The second-order valence-corrected chi connectivity index (χ2v) is 9.13. The van der Waals surface area contributed by atoms with Crippen LogP contribution in [0.15, 0.2) is 41.3 Å². The van der Waals surface area contributed by atoms with Gasteiger partial charge in [0.15, 0.2) is 6.61 Å². The Morgan fingerprint density at radius 3 is 2.48 bits per heavy atom. The molecule has 0 aliphatic carbocycles. The van der Waals surface area contributed by atoms with E-state index in [0.29, 0.717) is 18.7 Å². The van der Waals surface area contributed by atoms with Crippen molar-refractivity contribution in [1.29, 1.82) is 0 Å². The average Bonchev–Trinajstić information content (AvgIpc) is 2.75. The van der Waals surface area contributed by atoms with Crippen LogP contribution in [0.1, 0.15) is 35.2 Å². The number of halogens is 2. The Labute approximate surface area is 179 Å². The van der Waals surface area contributed by atoms with Gasteiger partial charge in [-0.15, -0.1) is 0 Å². The van der Waals surface area contributed by atoms with E-state index >= 15 is 0 Å². The van der Waals surface area contributed by atoms with Gasteiger partial charge in [-0.05, 0) is 49.6 Å². The molecule has 31 heavy (non-hydrogen) atoms. The van der Waals surface area contributed by atoms with Gasteiger partial charge in [0, 0.05) is 19.2 Å². The lowest BCUT2D eigenvalue weighted by atomic mass is 10.1. The molecule has 1 heterocycles. The van der Waals surface area contributed by atoms with E-state index in [1.165, 1.54) is 22.5 Å². The zero-order valence-electron chi connectivity index (χ0n) is 16.9. The van der Waals surface area contributed by atoms with Gasteiger partial charge in [0.25, 0.3) is 5.91 Å². The standard InChI is InChI=1S/C21H22F2N2O5S/c1-14-5-7-16(31(28,29)25-9-3-2-4-10-25)12-17(14)21(27)30-13-20(26)24-19-11-15(22)6-8-18(19)23/h5-8,11-12H,2-4,9-10,13H2,1H3,(H,24,26). The van der Waals surface area contributed by atoms with Crippen molar-refractivity contribution in [3.8, 4) is 0 Å². The first-order valence-electron chi connectivity index (χ1n) is 9.71. The van der Waals surface area contributed by atoms with Crippen molar-refractivity contribution in [1.82, 2.24) is 4.31 Å². The molecule has 0 saturated carbocycles. The summed E-state index contributed by atoms with van der Waals surface area (Å²) in [7, 11) is -3.75. The van der Waals surface area contributed by atoms with Gasteiger partial charge in [0.2, 0.25) is 10.0 Å². The van der Waals surface area contributed by atoms with Gasteiger partial charge in [0.1, 0.15) is 11.6 Å². The maximum Gasteiger partial charge on any atom is 0.338 e. The maximum absolute atomic E-state index is 13.6. The summed E-state index contributed by atoms with van der Waals surface area (Å²) < 4.78 is 58.8. The largest absolute Gasteiger partial charge is 0.452 e. The van der Waals surface area contributed by atoms with E-state index in [-0.39, 0.29) is 16.1 Å². The zero-order valence-corrected chi connectivity index (χ0v) is 17.7. The summed E-state index contributed by atoms with van der Waals surface area (Å²) in [6, 6.07) is 6.71. The molecule has 3 rings (SSSR count). The summed E-state index contributed by atoms with van der Waals surface area (Å²) >= 11 is 0. The molecule has 1 aliphatic rings. The third-order valence-electron chi connectivity index (χ3n) is 4.92. The SMILES string of the molecule is Cc1ccc(S(=O)(=O)N2CCCCC2)cc1C(=O)OCC(=O)Nc1cc(F)ccc1F. The van der Waals surface area contributed by atoms with Crippen molar-refractivity contribution < 1.29 is 31.5 Å². The number of sulfonamides is 1. The molecule has 0 spiro atoms. The number of carbonyl (C=O) groups excluding carboxylic acids is 2. The van der Waals surface area contributed by atoms with E-state index in [4.69, 9.17) is 4.74 Å². The highest BCUT2D eigenvalue weighted by molar-refractivity contribution is 7.89. The molecule has 0 radical (unpaired) electrons. The number of nitrogens with one attached hydrogen (secondary N) is 1. The highest BCUT2D eigenvalue weighted by atomic mass is 32.2. The van der Waals surface area contributed by atoms with Crippen LogP contribution in [-0.2, 0) is 19.6 Å². The number of anilines is 1. The van der Waals surface area contributed by atoms with E-state index in [0.717, 1.165) is 37.5 Å². The smallest absolute Gasteiger partial charge is 0.338 e. The lowest BCUT2D eigenvalue weighted by Crippen LogP contribution is -2.35. The number of ether oxygens (including phenoxy) is 1. The lowest BCUT2D eigenvalue weighted by molar-refractivity contribution is -0.119. The van der Waals surface area contributed by atoms with Gasteiger partial charge >= 0.3 is 5.97 Å². The Balaban J connectivity index is 1.69. The summed E-state index contributed by atoms with van der Waals surface area (Å²) in [5, 5.41) is 2.12. The van der Waals surface area contributed by atoms with Crippen LogP contribution in [0.5, 0.6) is 0 Å². The van der Waals surface area contributed by atoms with Crippen LogP contribution in [0.2, 0.25) is 0 Å². The quantitative estimate of drug-likeness (QED) is 0.680. The molecule has 1 saturated heterocycles. The summed E-state index contributed by atoms with van der Waals surface area (Å²) in [5.74, 6) is -3.35. The van der Waals surface area contributed by atoms with Gasteiger partial charge in [-0.1, -0.05) is 12.5 Å². The number of amides is 1. The fraction of sp³-hybridized carbons (Fsp3) is 0.333. The lowest BCUT2D eigenvalue weighted by Gasteiger charge is -2.26. The molecule has 2 aromatic carbocycles. The second kappa shape index (κ2) is 9.52. The Kier molecular flexibility index (Phi) is 7.01. The topological polar surface area (TPSA) is 92.8 Å². The van der Waals surface area contributed by atoms with Crippen LogP contribution >= 0.6 is 0 Å². The van der Waals surface area contributed by atoms with E-state index in [1.807, 2.05) is 0 Å². The number of aryl methyl sites for hydroxylation is 1. The molecular weight excluding hydrogens is 430 g/mol. The van der Waals surface area contributed by atoms with Crippen LogP contribution in [0.3, 0.4) is 0 Å². The summed E-state index contributed by atoms with van der Waals surface area (Å²) in [5.41, 5.74) is 0.0915. The molecule has 1 fully saturated rings. The van der Waals surface area contributed by atoms with E-state index in [9.17, 15) is 26.8 Å². The Hall–Kier alpha value is -2.85. The van der Waals surface area contributed by atoms with Crippen LogP contribution in [0.4, 0.5) is 14.5 Å². The van der Waals surface area contributed by atoms with E-state index in [2.05, 4.69) is 5.32 Å². The Morgan fingerprint density at radius 2 is 1.77 bits per heavy atom. The van der Waals surface area contributed by atoms with Crippen LogP contribution < -0.4 is 5.32 Å². The average molecular weight is 452 g/mol. The predicted octanol–water partition coefficient (Wildman–Crippen LogP) is 3.24. The van der Waals surface area contributed by atoms with E-state index in [1.54, 1.807) is 6.92 Å². The highest BCUT2D eigenvalue weighted by Gasteiger charge is 2.27. The number of rotatable bonds is 6. The number of nitrogens with zero attached hydrogens (tertiary/aromatic N) is 1. The first kappa shape index (κ1) is 22.8. The fourth-order valence-corrected chi connectivity index (χ4v) is 4.77. The van der Waals surface area contributed by atoms with Gasteiger partial charge < -0.3 is 10.1 Å². The van der Waals surface area contributed by atoms with Crippen molar-refractivity contribution in [3.05, 3.63) is 59.2 Å². The third kappa shape index (κ3) is 5.45. The number of benzene rings is 2. The Morgan fingerprint density at radius 1 is 1.06 bits per heavy atom. The molecule has 1 N–H and O–H groups in total. The fourth-order valence-electron chi connectivity index (χ4n) is 3.22. The first-order chi connectivity index (χ1) is 14.7. The van der Waals surface area contributed by atoms with E-state index < -0.39 is 40.1 Å². The van der Waals surface area contributed by atoms with Crippen LogP contribution in [0.25, 0.3) is 0 Å². The minimum absolute atomic E-state index is 0.00261. The molecule has 10 heteroatoms. The number of esters is 1. The van der Waals surface area contributed by atoms with Crippen molar-refractivity contribution in [2.45, 2.75) is 31.1 Å². The van der Waals surface area contributed by atoms with Crippen molar-refractivity contribution in [2.75, 3.05) is 25.0 Å². The Bertz CT molecular complexity index is 1100. The second-order valence-electron chi connectivity index (χ2n) is 7.19. The molecule has 0 unspecified atom stereocenters. The van der Waals surface area contributed by atoms with Crippen molar-refractivity contribution >= 4 is 27.6 Å². The minimum atomic E-state index is -3.75. The normalized spacial score (nSPS) is 14.8. The number of hydrogen-bond donors (Lipinski definition) is 1. The van der Waals surface area contributed by atoms with Gasteiger partial charge in [-0.3, -0.25) is 4.79 Å². The molecule has 166 valence electrons. The zero-order chi connectivity index (χ0) is 22.6. The first-order valence-corrected chi connectivity index (χ1v) is 11.2. The van der Waals surface area contributed by atoms with Crippen LogP contribution in [-0.4, -0.2) is 44.3 Å². The van der Waals surface area contributed by atoms with Gasteiger partial charge in [0.05, 0.1) is 16.1 Å². The molecule has 7 nitrogen and oxygen atoms in total. The molecule has 1 amide bonds. The number of piperidine rings is 1. The molecule has 2 aromatic rings. The third-order valence-corrected chi connectivity index (χ3v) is 6.81. The molecular formula is C21H22F2N2O5S. The number of carbonyl (C=O) groups is 2. The molecule has 1 aliphatic heterocycles. The monoisotopic (exact) mass is 452 g/mol. The summed E-state index contributed by atoms with van der Waals surface area (Å²) in [6.07, 6.45) is 2.53. The minimum Gasteiger partial charge on any atom is -0.452 e. The number of hydrogen-bond acceptors (Lipinski definition) is 5. The van der Waals surface area contributed by atoms with Crippen molar-refractivity contribution in [2.24, 2.45) is 0 Å². The summed E-state index contributed by atoms with van der Waals surface area (Å²) in [6.45, 7) is 1.70. The molecule has 0 atom stereocenters. The molecule has 0 aromatic heterocycles. The van der Waals surface area contributed by atoms with Crippen LogP contribution in [0, 0.1) is 18.6 Å². The van der Waals surface area contributed by atoms with Gasteiger partial charge in [-0.25, -0.2) is 22.0 Å². The van der Waals surface area contributed by atoms with Crippen molar-refractivity contribution in [3.63, 3.8) is 0 Å². The maximum atomic E-state index is 13.6. The molecule has 0 bridgehead atoms. The predicted molar refractivity (Wildman–Crippen MR) is 109 cm³/mol. The van der Waals surface area contributed by atoms with Gasteiger partial charge in [-0.2, -0.15) is 4.31 Å². The highest BCUT2D eigenvalue weighted by Crippen LogP contribution is 2.23.